The lowest BCUT2D eigenvalue weighted by Crippen LogP contribution is -2.32. The highest BCUT2D eigenvalue weighted by molar-refractivity contribution is 6.04. The predicted molar refractivity (Wildman–Crippen MR) is 119 cm³/mol. The van der Waals surface area contributed by atoms with E-state index in [4.69, 9.17) is 4.74 Å². The average molecular weight is 402 g/mol. The van der Waals surface area contributed by atoms with Gasteiger partial charge in [0.15, 0.2) is 6.10 Å². The normalized spacial score (nSPS) is 11.4. The molecule has 2 amide bonds. The van der Waals surface area contributed by atoms with Gasteiger partial charge in [0.2, 0.25) is 0 Å². The molecule has 1 atom stereocenters. The fourth-order valence-electron chi connectivity index (χ4n) is 2.96. The van der Waals surface area contributed by atoms with Crippen LogP contribution < -0.4 is 15.4 Å². The zero-order valence-corrected chi connectivity index (χ0v) is 17.2. The molecule has 0 fully saturated rings. The summed E-state index contributed by atoms with van der Waals surface area (Å²) in [7, 11) is 0. The van der Waals surface area contributed by atoms with Gasteiger partial charge in [0.25, 0.3) is 11.8 Å². The minimum atomic E-state index is -0.707. The minimum Gasteiger partial charge on any atom is -0.481 e. The maximum atomic E-state index is 12.6. The summed E-state index contributed by atoms with van der Waals surface area (Å²) >= 11 is 0. The highest BCUT2D eigenvalue weighted by Gasteiger charge is 2.18. The molecule has 0 spiro atoms. The van der Waals surface area contributed by atoms with Gasteiger partial charge in [-0.2, -0.15) is 0 Å². The van der Waals surface area contributed by atoms with E-state index in [0.29, 0.717) is 23.5 Å². The third-order valence-electron chi connectivity index (χ3n) is 4.67. The SMILES string of the molecule is Cc1ccc(OC(C)C(=O)Nc2ccccc2C(=O)NCCc2ccccc2)cc1. The number of aryl methyl sites for hydroxylation is 1. The van der Waals surface area contributed by atoms with E-state index < -0.39 is 6.10 Å². The summed E-state index contributed by atoms with van der Waals surface area (Å²) in [5, 5.41) is 5.72. The van der Waals surface area contributed by atoms with Crippen molar-refractivity contribution < 1.29 is 14.3 Å². The van der Waals surface area contributed by atoms with Crippen molar-refractivity contribution in [2.75, 3.05) is 11.9 Å². The van der Waals surface area contributed by atoms with Crippen LogP contribution in [0.3, 0.4) is 0 Å². The van der Waals surface area contributed by atoms with Gasteiger partial charge < -0.3 is 15.4 Å². The Kier molecular flexibility index (Phi) is 7.22. The molecule has 0 bridgehead atoms. The Morgan fingerprint density at radius 2 is 1.57 bits per heavy atom. The Balaban J connectivity index is 1.58. The highest BCUT2D eigenvalue weighted by Crippen LogP contribution is 2.17. The number of anilines is 1. The molecule has 0 aliphatic carbocycles. The Bertz CT molecular complexity index is 985. The topological polar surface area (TPSA) is 67.4 Å². The summed E-state index contributed by atoms with van der Waals surface area (Å²) in [5.74, 6) is 0.0734. The van der Waals surface area contributed by atoms with Gasteiger partial charge in [-0.1, -0.05) is 60.2 Å². The molecule has 0 heterocycles. The van der Waals surface area contributed by atoms with Gasteiger partial charge in [0.1, 0.15) is 5.75 Å². The van der Waals surface area contributed by atoms with Crippen molar-refractivity contribution in [3.8, 4) is 5.75 Å². The lowest BCUT2D eigenvalue weighted by Gasteiger charge is -2.16. The van der Waals surface area contributed by atoms with Crippen molar-refractivity contribution in [3.05, 3.63) is 95.6 Å². The number of amides is 2. The third-order valence-corrected chi connectivity index (χ3v) is 4.67. The van der Waals surface area contributed by atoms with Crippen molar-refractivity contribution in [1.82, 2.24) is 5.32 Å². The van der Waals surface area contributed by atoms with Crippen LogP contribution in [0.25, 0.3) is 0 Å². The first kappa shape index (κ1) is 21.1. The second-order valence-electron chi connectivity index (χ2n) is 7.10. The van der Waals surface area contributed by atoms with E-state index in [1.807, 2.05) is 61.5 Å². The number of hydrogen-bond donors (Lipinski definition) is 2. The molecule has 30 heavy (non-hydrogen) atoms. The molecule has 3 aromatic carbocycles. The summed E-state index contributed by atoms with van der Waals surface area (Å²) in [6, 6.07) is 24.4. The molecule has 3 rings (SSSR count). The number of rotatable bonds is 8. The maximum Gasteiger partial charge on any atom is 0.265 e. The lowest BCUT2D eigenvalue weighted by molar-refractivity contribution is -0.122. The van der Waals surface area contributed by atoms with Crippen LogP contribution in [0.15, 0.2) is 78.9 Å². The average Bonchev–Trinajstić information content (AvgIpc) is 2.76. The standard InChI is InChI=1S/C25H26N2O3/c1-18-12-14-21(15-13-18)30-19(2)24(28)27-23-11-7-6-10-22(23)25(29)26-17-16-20-8-4-3-5-9-20/h3-15,19H,16-17H2,1-2H3,(H,26,29)(H,27,28). The van der Waals surface area contributed by atoms with E-state index in [1.54, 1.807) is 31.2 Å². The summed E-state index contributed by atoms with van der Waals surface area (Å²) in [6.07, 6.45) is 0.0321. The van der Waals surface area contributed by atoms with Crippen LogP contribution in [0.1, 0.15) is 28.4 Å². The van der Waals surface area contributed by atoms with E-state index in [2.05, 4.69) is 10.6 Å². The quantitative estimate of drug-likeness (QED) is 0.588. The molecule has 0 saturated heterocycles. The van der Waals surface area contributed by atoms with Gasteiger partial charge in [-0.25, -0.2) is 0 Å². The van der Waals surface area contributed by atoms with Gasteiger partial charge in [0.05, 0.1) is 11.3 Å². The predicted octanol–water partition coefficient (Wildman–Crippen LogP) is 4.37. The van der Waals surface area contributed by atoms with Crippen LogP contribution >= 0.6 is 0 Å². The first-order valence-corrected chi connectivity index (χ1v) is 9.98. The smallest absolute Gasteiger partial charge is 0.265 e. The number of nitrogens with one attached hydrogen (secondary N) is 2. The van der Waals surface area contributed by atoms with E-state index in [0.717, 1.165) is 17.5 Å². The molecule has 1 unspecified atom stereocenters. The largest absolute Gasteiger partial charge is 0.481 e. The first-order valence-electron chi connectivity index (χ1n) is 9.98. The number of benzene rings is 3. The monoisotopic (exact) mass is 402 g/mol. The second kappa shape index (κ2) is 10.3. The molecule has 0 aliphatic heterocycles. The zero-order valence-electron chi connectivity index (χ0n) is 17.2. The van der Waals surface area contributed by atoms with Crippen LogP contribution in [-0.2, 0) is 11.2 Å². The van der Waals surface area contributed by atoms with Crippen molar-refractivity contribution in [2.24, 2.45) is 0 Å². The lowest BCUT2D eigenvalue weighted by atomic mass is 10.1. The molecule has 0 aromatic heterocycles. The van der Waals surface area contributed by atoms with Gasteiger partial charge >= 0.3 is 0 Å². The van der Waals surface area contributed by atoms with Gasteiger partial charge in [0, 0.05) is 6.54 Å². The van der Waals surface area contributed by atoms with Crippen LogP contribution in [-0.4, -0.2) is 24.5 Å². The molecule has 3 aromatic rings. The van der Waals surface area contributed by atoms with E-state index in [-0.39, 0.29) is 11.8 Å². The molecule has 0 radical (unpaired) electrons. The van der Waals surface area contributed by atoms with E-state index in [9.17, 15) is 9.59 Å². The molecule has 5 nitrogen and oxygen atoms in total. The summed E-state index contributed by atoms with van der Waals surface area (Å²) in [6.45, 7) is 4.18. The highest BCUT2D eigenvalue weighted by atomic mass is 16.5. The number of para-hydroxylation sites is 1. The molecular formula is C25H26N2O3. The number of hydrogen-bond acceptors (Lipinski definition) is 3. The number of ether oxygens (including phenoxy) is 1. The molecule has 154 valence electrons. The maximum absolute atomic E-state index is 12.6. The van der Waals surface area contributed by atoms with Gasteiger partial charge in [-0.05, 0) is 50.1 Å². The van der Waals surface area contributed by atoms with Crippen molar-refractivity contribution in [3.63, 3.8) is 0 Å². The van der Waals surface area contributed by atoms with E-state index in [1.165, 1.54) is 0 Å². The first-order chi connectivity index (χ1) is 14.5. The number of carbonyl (C=O) groups excluding carboxylic acids is 2. The summed E-state index contributed by atoms with van der Waals surface area (Å²) in [4.78, 5) is 25.2. The number of carbonyl (C=O) groups is 2. The Labute approximate surface area is 177 Å². The van der Waals surface area contributed by atoms with Gasteiger partial charge in [-0.3, -0.25) is 9.59 Å². The summed E-state index contributed by atoms with van der Waals surface area (Å²) < 4.78 is 5.70. The van der Waals surface area contributed by atoms with Crippen LogP contribution in [0.4, 0.5) is 5.69 Å². The van der Waals surface area contributed by atoms with E-state index >= 15 is 0 Å². The zero-order chi connectivity index (χ0) is 21.3. The van der Waals surface area contributed by atoms with Crippen LogP contribution in [0.2, 0.25) is 0 Å². The van der Waals surface area contributed by atoms with Gasteiger partial charge in [-0.15, -0.1) is 0 Å². The van der Waals surface area contributed by atoms with Crippen molar-refractivity contribution in [2.45, 2.75) is 26.4 Å². The Morgan fingerprint density at radius 1 is 0.900 bits per heavy atom. The van der Waals surface area contributed by atoms with Crippen molar-refractivity contribution >= 4 is 17.5 Å². The van der Waals surface area contributed by atoms with Crippen LogP contribution in [0.5, 0.6) is 5.75 Å². The molecule has 5 heteroatoms. The second-order valence-corrected chi connectivity index (χ2v) is 7.10. The van der Waals surface area contributed by atoms with Crippen LogP contribution in [0, 0.1) is 6.92 Å². The third kappa shape index (κ3) is 5.95. The fourth-order valence-corrected chi connectivity index (χ4v) is 2.96. The van der Waals surface area contributed by atoms with Crippen molar-refractivity contribution in [1.29, 1.82) is 0 Å². The molecule has 2 N–H and O–H groups in total. The molecular weight excluding hydrogens is 376 g/mol. The molecule has 0 aliphatic rings. The Morgan fingerprint density at radius 3 is 2.30 bits per heavy atom. The minimum absolute atomic E-state index is 0.228. The molecule has 0 saturated carbocycles. The summed E-state index contributed by atoms with van der Waals surface area (Å²) in [5.41, 5.74) is 3.15. The fraction of sp³-hybridized carbons (Fsp3) is 0.200. The Hall–Kier alpha value is -3.60.